The van der Waals surface area contributed by atoms with Gasteiger partial charge in [0.05, 0.1) is 17.5 Å². The summed E-state index contributed by atoms with van der Waals surface area (Å²) in [7, 11) is -3.22. The van der Waals surface area contributed by atoms with E-state index in [1.165, 1.54) is 4.90 Å². The summed E-state index contributed by atoms with van der Waals surface area (Å²) in [6.07, 6.45) is 1.81. The van der Waals surface area contributed by atoms with Crippen molar-refractivity contribution in [3.05, 3.63) is 0 Å². The minimum absolute atomic E-state index is 0.0388. The van der Waals surface area contributed by atoms with Crippen LogP contribution >= 0.6 is 0 Å². The maximum absolute atomic E-state index is 12.2. The van der Waals surface area contributed by atoms with E-state index in [1.807, 2.05) is 0 Å². The van der Waals surface area contributed by atoms with Gasteiger partial charge >= 0.3 is 0 Å². The van der Waals surface area contributed by atoms with E-state index in [9.17, 15) is 18.0 Å². The average molecular weight is 302 g/mol. The third-order valence-corrected chi connectivity index (χ3v) is 6.60. The quantitative estimate of drug-likeness (QED) is 0.771. The SMILES string of the molecule is CC(C)S(=O)(=O)CCN1C(=O)CNC(=O)C1(C)C1CC1. The number of amides is 2. The first-order chi connectivity index (χ1) is 9.19. The molecule has 2 aliphatic rings. The number of carbonyl (C=O) groups excluding carboxylic acids is 2. The first-order valence-corrected chi connectivity index (χ1v) is 8.71. The van der Waals surface area contributed by atoms with Crippen LogP contribution in [0.1, 0.15) is 33.6 Å². The Hall–Kier alpha value is -1.11. The average Bonchev–Trinajstić information content (AvgIpc) is 3.18. The first-order valence-electron chi connectivity index (χ1n) is 7.00. The number of sulfone groups is 1. The van der Waals surface area contributed by atoms with Crippen molar-refractivity contribution in [2.75, 3.05) is 18.8 Å². The lowest BCUT2D eigenvalue weighted by Crippen LogP contribution is -2.67. The van der Waals surface area contributed by atoms with E-state index in [0.717, 1.165) is 12.8 Å². The lowest BCUT2D eigenvalue weighted by atomic mass is 9.90. The molecule has 2 rings (SSSR count). The van der Waals surface area contributed by atoms with Crippen LogP contribution in [0.25, 0.3) is 0 Å². The fourth-order valence-electron chi connectivity index (χ4n) is 2.67. The summed E-state index contributed by atoms with van der Waals surface area (Å²) in [4.78, 5) is 25.7. The van der Waals surface area contributed by atoms with E-state index in [1.54, 1.807) is 20.8 Å². The molecule has 0 bridgehead atoms. The van der Waals surface area contributed by atoms with Crippen molar-refractivity contribution >= 4 is 21.7 Å². The largest absolute Gasteiger partial charge is 0.345 e. The molecule has 0 radical (unpaired) electrons. The third-order valence-electron chi connectivity index (χ3n) is 4.41. The van der Waals surface area contributed by atoms with Crippen LogP contribution in [0.5, 0.6) is 0 Å². The molecule has 0 aromatic heterocycles. The molecule has 2 amide bonds. The molecular weight excluding hydrogens is 280 g/mol. The summed E-state index contributed by atoms with van der Waals surface area (Å²) in [6, 6.07) is 0. The summed E-state index contributed by atoms with van der Waals surface area (Å²) < 4.78 is 23.8. The van der Waals surface area contributed by atoms with Crippen molar-refractivity contribution in [3.8, 4) is 0 Å². The number of nitrogens with one attached hydrogen (secondary N) is 1. The Kier molecular flexibility index (Phi) is 3.83. The Morgan fingerprint density at radius 1 is 1.35 bits per heavy atom. The van der Waals surface area contributed by atoms with Crippen molar-refractivity contribution in [1.82, 2.24) is 10.2 Å². The molecule has 6 nitrogen and oxygen atoms in total. The smallest absolute Gasteiger partial charge is 0.246 e. The summed E-state index contributed by atoms with van der Waals surface area (Å²) in [5, 5.41) is 2.14. The minimum atomic E-state index is -3.22. The molecule has 2 fully saturated rings. The molecular formula is C13H22N2O4S. The zero-order chi connectivity index (χ0) is 15.1. The van der Waals surface area contributed by atoms with Crippen LogP contribution in [-0.2, 0) is 19.4 Å². The predicted molar refractivity (Wildman–Crippen MR) is 74.8 cm³/mol. The second-order valence-electron chi connectivity index (χ2n) is 6.07. The molecule has 1 saturated heterocycles. The molecule has 1 aliphatic carbocycles. The minimum Gasteiger partial charge on any atom is -0.345 e. The van der Waals surface area contributed by atoms with Gasteiger partial charge < -0.3 is 10.2 Å². The van der Waals surface area contributed by atoms with E-state index in [0.29, 0.717) is 0 Å². The molecule has 7 heteroatoms. The summed E-state index contributed by atoms with van der Waals surface area (Å²) in [5.41, 5.74) is -0.887. The molecule has 1 heterocycles. The van der Waals surface area contributed by atoms with Gasteiger partial charge in [-0.05, 0) is 39.5 Å². The van der Waals surface area contributed by atoms with E-state index in [4.69, 9.17) is 0 Å². The molecule has 1 atom stereocenters. The molecule has 1 N–H and O–H groups in total. The van der Waals surface area contributed by atoms with Gasteiger partial charge in [-0.3, -0.25) is 9.59 Å². The van der Waals surface area contributed by atoms with Gasteiger partial charge in [0.2, 0.25) is 11.8 Å². The van der Waals surface area contributed by atoms with Crippen LogP contribution in [0, 0.1) is 5.92 Å². The first kappa shape index (κ1) is 15.3. The maximum atomic E-state index is 12.2. The maximum Gasteiger partial charge on any atom is 0.246 e. The van der Waals surface area contributed by atoms with Crippen LogP contribution in [0.4, 0.5) is 0 Å². The topological polar surface area (TPSA) is 83.6 Å². The predicted octanol–water partition coefficient (Wildman–Crippen LogP) is -0.0633. The fourth-order valence-corrected chi connectivity index (χ4v) is 3.58. The standard InChI is InChI=1S/C13H22N2O4S/c1-9(2)20(18,19)7-6-15-11(16)8-14-12(17)13(15,3)10-4-5-10/h9-10H,4-8H2,1-3H3,(H,14,17). The van der Waals surface area contributed by atoms with Crippen LogP contribution in [-0.4, -0.2) is 54.8 Å². The van der Waals surface area contributed by atoms with Crippen molar-refractivity contribution in [1.29, 1.82) is 0 Å². The Morgan fingerprint density at radius 3 is 2.45 bits per heavy atom. The fraction of sp³-hybridized carbons (Fsp3) is 0.846. The highest BCUT2D eigenvalue weighted by atomic mass is 32.2. The van der Waals surface area contributed by atoms with Crippen molar-refractivity contribution < 1.29 is 18.0 Å². The number of rotatable bonds is 5. The second kappa shape index (κ2) is 5.02. The summed E-state index contributed by atoms with van der Waals surface area (Å²) >= 11 is 0. The second-order valence-corrected chi connectivity index (χ2v) is 8.74. The molecule has 20 heavy (non-hydrogen) atoms. The van der Waals surface area contributed by atoms with Gasteiger partial charge in [0.1, 0.15) is 5.54 Å². The van der Waals surface area contributed by atoms with E-state index in [2.05, 4.69) is 5.32 Å². The highest BCUT2D eigenvalue weighted by Crippen LogP contribution is 2.44. The molecule has 0 spiro atoms. The van der Waals surface area contributed by atoms with E-state index in [-0.39, 0.29) is 36.6 Å². The van der Waals surface area contributed by atoms with Crippen molar-refractivity contribution in [2.45, 2.75) is 44.4 Å². The Morgan fingerprint density at radius 2 is 1.95 bits per heavy atom. The van der Waals surface area contributed by atoms with Crippen LogP contribution in [0.3, 0.4) is 0 Å². The Labute approximate surface area is 119 Å². The monoisotopic (exact) mass is 302 g/mol. The van der Waals surface area contributed by atoms with Gasteiger partial charge in [0.25, 0.3) is 0 Å². The number of piperazine rings is 1. The van der Waals surface area contributed by atoms with Crippen LogP contribution < -0.4 is 5.32 Å². The Balaban J connectivity index is 2.18. The van der Waals surface area contributed by atoms with Crippen molar-refractivity contribution in [3.63, 3.8) is 0 Å². The highest BCUT2D eigenvalue weighted by Gasteiger charge is 2.54. The third kappa shape index (κ3) is 2.55. The highest BCUT2D eigenvalue weighted by molar-refractivity contribution is 7.92. The van der Waals surface area contributed by atoms with Gasteiger partial charge in [0, 0.05) is 6.54 Å². The summed E-state index contributed by atoms with van der Waals surface area (Å²) in [6.45, 7) is 5.06. The molecule has 0 aromatic carbocycles. The van der Waals surface area contributed by atoms with E-state index >= 15 is 0 Å². The van der Waals surface area contributed by atoms with Gasteiger partial charge in [-0.1, -0.05) is 0 Å². The van der Waals surface area contributed by atoms with Gasteiger partial charge in [-0.15, -0.1) is 0 Å². The number of hydrogen-bond donors (Lipinski definition) is 1. The lowest BCUT2D eigenvalue weighted by molar-refractivity contribution is -0.153. The molecule has 1 saturated carbocycles. The van der Waals surface area contributed by atoms with E-state index < -0.39 is 20.6 Å². The lowest BCUT2D eigenvalue weighted by Gasteiger charge is -2.44. The molecule has 114 valence electrons. The number of nitrogens with zero attached hydrogens (tertiary/aromatic N) is 1. The van der Waals surface area contributed by atoms with Crippen molar-refractivity contribution in [2.24, 2.45) is 5.92 Å². The molecule has 1 unspecified atom stereocenters. The zero-order valence-corrected chi connectivity index (χ0v) is 13.0. The van der Waals surface area contributed by atoms with Gasteiger partial charge in [-0.2, -0.15) is 0 Å². The number of carbonyl (C=O) groups is 2. The molecule has 1 aliphatic heterocycles. The normalized spacial score (nSPS) is 27.9. The Bertz CT molecular complexity index is 524. The molecule has 0 aromatic rings. The summed E-state index contributed by atoms with van der Waals surface area (Å²) in [5.74, 6) is -0.306. The zero-order valence-electron chi connectivity index (χ0n) is 12.2. The van der Waals surface area contributed by atoms with Gasteiger partial charge in [0.15, 0.2) is 9.84 Å². The van der Waals surface area contributed by atoms with Gasteiger partial charge in [-0.25, -0.2) is 8.42 Å². The van der Waals surface area contributed by atoms with Crippen LogP contribution in [0.2, 0.25) is 0 Å². The number of hydrogen-bond acceptors (Lipinski definition) is 4. The van der Waals surface area contributed by atoms with Crippen LogP contribution in [0.15, 0.2) is 0 Å².